The van der Waals surface area contributed by atoms with Crippen LogP contribution in [0.5, 0.6) is 0 Å². The molecule has 0 aliphatic heterocycles. The molecule has 0 saturated carbocycles. The first-order valence-corrected chi connectivity index (χ1v) is 7.20. The molecule has 0 saturated heterocycles. The van der Waals surface area contributed by atoms with Gasteiger partial charge in [-0.15, -0.1) is 0 Å². The van der Waals surface area contributed by atoms with Crippen molar-refractivity contribution < 1.29 is 44.7 Å². The summed E-state index contributed by atoms with van der Waals surface area (Å²) in [5.41, 5.74) is -1.37. The number of benzene rings is 1. The standard InChI is InChI=1S/C11H9F6NO4S/c12-10(13,14)6-2-1-3-7(4-6)23(21,22)18-8(5-9(19)20)11(15,16)17/h1-4,8,18H,5H2,(H,19,20)/t8-/m0/s1. The number of carbonyl (C=O) groups is 1. The lowest BCUT2D eigenvalue weighted by Gasteiger charge is -2.20. The van der Waals surface area contributed by atoms with Crippen molar-refractivity contribution in [3.05, 3.63) is 29.8 Å². The monoisotopic (exact) mass is 365 g/mol. The number of nitrogens with one attached hydrogen (secondary N) is 1. The maximum Gasteiger partial charge on any atom is 0.416 e. The lowest BCUT2D eigenvalue weighted by atomic mass is 10.2. The van der Waals surface area contributed by atoms with Gasteiger partial charge in [0.25, 0.3) is 0 Å². The number of carboxylic acids is 1. The quantitative estimate of drug-likeness (QED) is 0.785. The number of alkyl halides is 6. The topological polar surface area (TPSA) is 83.5 Å². The smallest absolute Gasteiger partial charge is 0.416 e. The van der Waals surface area contributed by atoms with Gasteiger partial charge in [0.15, 0.2) is 0 Å². The van der Waals surface area contributed by atoms with Crippen molar-refractivity contribution in [2.45, 2.75) is 29.7 Å². The summed E-state index contributed by atoms with van der Waals surface area (Å²) >= 11 is 0. The van der Waals surface area contributed by atoms with Crippen LogP contribution in [0.2, 0.25) is 0 Å². The van der Waals surface area contributed by atoms with Crippen LogP contribution in [0.1, 0.15) is 12.0 Å². The fourth-order valence-electron chi connectivity index (χ4n) is 1.49. The Bertz CT molecular complexity index is 682. The third kappa shape index (κ3) is 5.39. The van der Waals surface area contributed by atoms with Crippen molar-refractivity contribution in [2.75, 3.05) is 0 Å². The minimum atomic E-state index is -5.23. The maximum atomic E-state index is 12.6. The zero-order valence-corrected chi connectivity index (χ0v) is 11.8. The molecular formula is C11H9F6NO4S. The maximum absolute atomic E-state index is 12.6. The SMILES string of the molecule is O=C(O)C[C@H](NS(=O)(=O)c1cccc(C(F)(F)F)c1)C(F)(F)F. The summed E-state index contributed by atoms with van der Waals surface area (Å²) in [6.45, 7) is 0. The average molecular weight is 365 g/mol. The van der Waals surface area contributed by atoms with E-state index in [-0.39, 0.29) is 6.07 Å². The molecule has 5 nitrogen and oxygen atoms in total. The molecule has 23 heavy (non-hydrogen) atoms. The molecule has 0 radical (unpaired) electrons. The van der Waals surface area contributed by atoms with Crippen molar-refractivity contribution in [3.63, 3.8) is 0 Å². The van der Waals surface area contributed by atoms with Gasteiger partial charge in [-0.1, -0.05) is 6.07 Å². The second kappa shape index (κ2) is 6.35. The van der Waals surface area contributed by atoms with Crippen LogP contribution in [0.3, 0.4) is 0 Å². The predicted octanol–water partition coefficient (Wildman–Crippen LogP) is 2.39. The van der Waals surface area contributed by atoms with E-state index in [9.17, 15) is 39.6 Å². The molecule has 1 rings (SSSR count). The van der Waals surface area contributed by atoms with Crippen LogP contribution in [0, 0.1) is 0 Å². The number of hydrogen-bond acceptors (Lipinski definition) is 3. The fourth-order valence-corrected chi connectivity index (χ4v) is 2.76. The van der Waals surface area contributed by atoms with Crippen LogP contribution in [0.4, 0.5) is 26.3 Å². The second-order valence-corrected chi connectivity index (χ2v) is 6.05. The number of hydrogen-bond donors (Lipinski definition) is 2. The summed E-state index contributed by atoms with van der Waals surface area (Å²) in [6, 6.07) is -0.920. The Kier molecular flexibility index (Phi) is 5.31. The van der Waals surface area contributed by atoms with Gasteiger partial charge in [0.05, 0.1) is 16.9 Å². The highest BCUT2D eigenvalue weighted by Crippen LogP contribution is 2.31. The Morgan fingerprint density at radius 3 is 2.17 bits per heavy atom. The molecule has 1 aromatic rings. The van der Waals surface area contributed by atoms with E-state index in [1.165, 1.54) is 0 Å². The van der Waals surface area contributed by atoms with Gasteiger partial charge < -0.3 is 5.11 Å². The lowest BCUT2D eigenvalue weighted by molar-refractivity contribution is -0.163. The van der Waals surface area contributed by atoms with Gasteiger partial charge in [0.1, 0.15) is 6.04 Å². The summed E-state index contributed by atoms with van der Waals surface area (Å²) in [5.74, 6) is -1.93. The van der Waals surface area contributed by atoms with Crippen LogP contribution in [-0.2, 0) is 21.0 Å². The van der Waals surface area contributed by atoms with Gasteiger partial charge in [-0.3, -0.25) is 4.79 Å². The third-order valence-electron chi connectivity index (χ3n) is 2.54. The Morgan fingerprint density at radius 1 is 1.17 bits per heavy atom. The highest BCUT2D eigenvalue weighted by atomic mass is 32.2. The second-order valence-electron chi connectivity index (χ2n) is 4.34. The van der Waals surface area contributed by atoms with Gasteiger partial charge in [-0.05, 0) is 18.2 Å². The van der Waals surface area contributed by atoms with E-state index >= 15 is 0 Å². The van der Waals surface area contributed by atoms with E-state index < -0.39 is 51.3 Å². The molecule has 130 valence electrons. The molecule has 0 bridgehead atoms. The number of carboxylic acid groups (broad SMARTS) is 1. The van der Waals surface area contributed by atoms with E-state index in [2.05, 4.69) is 0 Å². The van der Waals surface area contributed by atoms with Crippen molar-refractivity contribution in [3.8, 4) is 0 Å². The van der Waals surface area contributed by atoms with E-state index in [0.717, 1.165) is 4.72 Å². The van der Waals surface area contributed by atoms with Gasteiger partial charge >= 0.3 is 18.3 Å². The Morgan fingerprint density at radius 2 is 1.74 bits per heavy atom. The molecule has 0 unspecified atom stereocenters. The van der Waals surface area contributed by atoms with Crippen LogP contribution in [-0.4, -0.2) is 31.7 Å². The third-order valence-corrected chi connectivity index (χ3v) is 4.01. The number of sulfonamides is 1. The number of aliphatic carboxylic acids is 1. The summed E-state index contributed by atoms with van der Waals surface area (Å²) in [6.07, 6.45) is -11.7. The van der Waals surface area contributed by atoms with Crippen LogP contribution in [0.25, 0.3) is 0 Å². The number of rotatable bonds is 5. The highest BCUT2D eigenvalue weighted by Gasteiger charge is 2.44. The fraction of sp³-hybridized carbons (Fsp3) is 0.364. The van der Waals surface area contributed by atoms with Gasteiger partial charge in [0.2, 0.25) is 10.0 Å². The van der Waals surface area contributed by atoms with Crippen molar-refractivity contribution in [1.82, 2.24) is 4.72 Å². The van der Waals surface area contributed by atoms with Crippen molar-refractivity contribution >= 4 is 16.0 Å². The van der Waals surface area contributed by atoms with E-state index in [4.69, 9.17) is 5.11 Å². The average Bonchev–Trinajstić information content (AvgIpc) is 2.35. The highest BCUT2D eigenvalue weighted by molar-refractivity contribution is 7.89. The molecule has 0 aliphatic carbocycles. The Labute approximate surface area is 126 Å². The molecule has 0 spiro atoms. The van der Waals surface area contributed by atoms with Gasteiger partial charge in [0, 0.05) is 0 Å². The molecule has 0 aliphatic rings. The molecule has 12 heteroatoms. The minimum Gasteiger partial charge on any atom is -0.481 e. The Balaban J connectivity index is 3.18. The van der Waals surface area contributed by atoms with Crippen molar-refractivity contribution in [1.29, 1.82) is 0 Å². The minimum absolute atomic E-state index is 0.149. The predicted molar refractivity (Wildman–Crippen MR) is 63.9 cm³/mol. The first-order chi connectivity index (χ1) is 10.2. The van der Waals surface area contributed by atoms with Crippen molar-refractivity contribution in [2.24, 2.45) is 0 Å². The number of halogens is 6. The first kappa shape index (κ1) is 19.2. The molecule has 0 amide bonds. The lowest BCUT2D eigenvalue weighted by Crippen LogP contribution is -2.46. The summed E-state index contributed by atoms with van der Waals surface area (Å²) < 4.78 is 100. The first-order valence-electron chi connectivity index (χ1n) is 5.71. The molecule has 1 atom stereocenters. The zero-order chi connectivity index (χ0) is 18.1. The van der Waals surface area contributed by atoms with Crippen LogP contribution >= 0.6 is 0 Å². The zero-order valence-electron chi connectivity index (χ0n) is 10.9. The van der Waals surface area contributed by atoms with E-state index in [1.54, 1.807) is 0 Å². The summed E-state index contributed by atoms with van der Waals surface area (Å²) in [5, 5.41) is 8.38. The Hall–Kier alpha value is -1.82. The van der Waals surface area contributed by atoms with Gasteiger partial charge in [-0.25, -0.2) is 8.42 Å². The molecule has 1 aromatic carbocycles. The largest absolute Gasteiger partial charge is 0.481 e. The van der Waals surface area contributed by atoms with Crippen LogP contribution in [0.15, 0.2) is 29.2 Å². The molecule has 2 N–H and O–H groups in total. The van der Waals surface area contributed by atoms with E-state index in [1.807, 2.05) is 0 Å². The normalized spacial score (nSPS) is 14.5. The summed E-state index contributed by atoms with van der Waals surface area (Å²) in [7, 11) is -5.00. The molecule has 0 aromatic heterocycles. The van der Waals surface area contributed by atoms with E-state index in [0.29, 0.717) is 18.2 Å². The molecular weight excluding hydrogens is 356 g/mol. The van der Waals surface area contributed by atoms with Gasteiger partial charge in [-0.2, -0.15) is 31.1 Å². The molecule has 0 fully saturated rings. The molecule has 0 heterocycles. The summed E-state index contributed by atoms with van der Waals surface area (Å²) in [4.78, 5) is 9.32. The van der Waals surface area contributed by atoms with Crippen LogP contribution < -0.4 is 4.72 Å².